The molecule has 0 unspecified atom stereocenters. The Morgan fingerprint density at radius 2 is 2.00 bits per heavy atom. The number of amides is 1. The summed E-state index contributed by atoms with van der Waals surface area (Å²) in [6, 6.07) is 9.91. The number of likely N-dealkylation sites (N-methyl/N-ethyl adjacent to an activating group) is 1. The molecular weight excluding hydrogens is 443 g/mol. The van der Waals surface area contributed by atoms with Gasteiger partial charge in [0.1, 0.15) is 0 Å². The summed E-state index contributed by atoms with van der Waals surface area (Å²) >= 11 is 0. The largest absolute Gasteiger partial charge is 0.379 e. The van der Waals surface area contributed by atoms with Crippen molar-refractivity contribution < 1.29 is 9.53 Å². The van der Waals surface area contributed by atoms with E-state index < -0.39 is 0 Å². The standard InChI is InChI=1S/C19H30N4O2.HI/c1-20-19(23(2)12-13-25-15-17-8-9-17)21-11-10-18(24)22-14-16-6-4-3-5-7-16;/h3-7,17H,8-15H2,1-2H3,(H,20,21)(H,22,24);1H. The highest BCUT2D eigenvalue weighted by molar-refractivity contribution is 14.0. The number of nitrogens with zero attached hydrogens (tertiary/aromatic N) is 2. The average Bonchev–Trinajstić information content (AvgIpc) is 3.46. The lowest BCUT2D eigenvalue weighted by Gasteiger charge is -2.22. The molecule has 7 heteroatoms. The first-order valence-corrected chi connectivity index (χ1v) is 8.99. The molecule has 0 aliphatic heterocycles. The Bertz CT molecular complexity index is 550. The summed E-state index contributed by atoms with van der Waals surface area (Å²) in [5, 5.41) is 6.15. The fourth-order valence-corrected chi connectivity index (χ4v) is 2.40. The van der Waals surface area contributed by atoms with E-state index in [4.69, 9.17) is 4.74 Å². The normalized spacial score (nSPS) is 13.7. The van der Waals surface area contributed by atoms with Crippen LogP contribution in [0.5, 0.6) is 0 Å². The first kappa shape index (κ1) is 22.7. The topological polar surface area (TPSA) is 66.0 Å². The molecule has 2 N–H and O–H groups in total. The highest BCUT2D eigenvalue weighted by atomic mass is 127. The number of ether oxygens (including phenoxy) is 1. The quantitative estimate of drug-likeness (QED) is 0.236. The number of carbonyl (C=O) groups is 1. The van der Waals surface area contributed by atoms with Gasteiger partial charge < -0.3 is 20.3 Å². The second-order valence-electron chi connectivity index (χ2n) is 6.43. The molecule has 0 bridgehead atoms. The Morgan fingerprint density at radius 3 is 2.65 bits per heavy atom. The molecule has 1 aromatic carbocycles. The molecule has 6 nitrogen and oxygen atoms in total. The molecule has 1 aliphatic carbocycles. The third kappa shape index (κ3) is 9.38. The third-order valence-corrected chi connectivity index (χ3v) is 4.16. The van der Waals surface area contributed by atoms with Gasteiger partial charge in [0.15, 0.2) is 5.96 Å². The number of halogens is 1. The van der Waals surface area contributed by atoms with Crippen LogP contribution in [0.15, 0.2) is 35.3 Å². The number of hydrogen-bond acceptors (Lipinski definition) is 3. The zero-order valence-corrected chi connectivity index (χ0v) is 18.1. The predicted octanol–water partition coefficient (Wildman–Crippen LogP) is 2.24. The molecule has 1 aliphatic rings. The van der Waals surface area contributed by atoms with E-state index in [-0.39, 0.29) is 29.9 Å². The number of aliphatic imine (C=N–C) groups is 1. The van der Waals surface area contributed by atoms with Gasteiger partial charge in [-0.15, -0.1) is 24.0 Å². The minimum absolute atomic E-state index is 0. The van der Waals surface area contributed by atoms with Crippen LogP contribution >= 0.6 is 24.0 Å². The maximum Gasteiger partial charge on any atom is 0.222 e. The summed E-state index contributed by atoms with van der Waals surface area (Å²) in [6.07, 6.45) is 3.04. The molecule has 146 valence electrons. The van der Waals surface area contributed by atoms with Crippen LogP contribution in [0.3, 0.4) is 0 Å². The van der Waals surface area contributed by atoms with Gasteiger partial charge in [-0.2, -0.15) is 0 Å². The van der Waals surface area contributed by atoms with Crippen LogP contribution in [-0.2, 0) is 16.1 Å². The minimum atomic E-state index is 0. The molecule has 0 atom stereocenters. The third-order valence-electron chi connectivity index (χ3n) is 4.16. The number of guanidine groups is 1. The zero-order valence-electron chi connectivity index (χ0n) is 15.7. The number of hydrogen-bond donors (Lipinski definition) is 2. The maximum absolute atomic E-state index is 11.9. The smallest absolute Gasteiger partial charge is 0.222 e. The molecule has 0 heterocycles. The van der Waals surface area contributed by atoms with E-state index in [1.165, 1.54) is 12.8 Å². The van der Waals surface area contributed by atoms with Gasteiger partial charge >= 0.3 is 0 Å². The van der Waals surface area contributed by atoms with Crippen LogP contribution < -0.4 is 10.6 Å². The zero-order chi connectivity index (χ0) is 17.9. The fraction of sp³-hybridized carbons (Fsp3) is 0.579. The van der Waals surface area contributed by atoms with Crippen molar-refractivity contribution in [2.45, 2.75) is 25.8 Å². The lowest BCUT2D eigenvalue weighted by molar-refractivity contribution is -0.121. The first-order valence-electron chi connectivity index (χ1n) is 8.99. The lowest BCUT2D eigenvalue weighted by Crippen LogP contribution is -2.42. The highest BCUT2D eigenvalue weighted by Gasteiger charge is 2.21. The molecule has 0 aromatic heterocycles. The molecule has 0 spiro atoms. The van der Waals surface area contributed by atoms with Gasteiger partial charge in [0.25, 0.3) is 0 Å². The van der Waals surface area contributed by atoms with Gasteiger partial charge in [0.05, 0.1) is 6.61 Å². The maximum atomic E-state index is 11.9. The Morgan fingerprint density at radius 1 is 1.27 bits per heavy atom. The van der Waals surface area contributed by atoms with Crippen LogP contribution in [0.2, 0.25) is 0 Å². The SMILES string of the molecule is CN=C(NCCC(=O)NCc1ccccc1)N(C)CCOCC1CC1.I. The van der Waals surface area contributed by atoms with Gasteiger partial charge in [-0.25, -0.2) is 0 Å². The molecule has 1 amide bonds. The van der Waals surface area contributed by atoms with E-state index in [0.717, 1.165) is 30.6 Å². The van der Waals surface area contributed by atoms with Gasteiger partial charge in [0, 0.05) is 46.8 Å². The fourth-order valence-electron chi connectivity index (χ4n) is 2.40. The van der Waals surface area contributed by atoms with Crippen LogP contribution in [0.4, 0.5) is 0 Å². The number of nitrogens with one attached hydrogen (secondary N) is 2. The van der Waals surface area contributed by atoms with E-state index in [2.05, 4.69) is 15.6 Å². The minimum Gasteiger partial charge on any atom is -0.379 e. The molecular formula is C19H31IN4O2. The van der Waals surface area contributed by atoms with Gasteiger partial charge in [-0.05, 0) is 24.3 Å². The van der Waals surface area contributed by atoms with Crippen molar-refractivity contribution in [2.24, 2.45) is 10.9 Å². The summed E-state index contributed by atoms with van der Waals surface area (Å²) in [5.74, 6) is 1.60. The lowest BCUT2D eigenvalue weighted by atomic mass is 10.2. The van der Waals surface area contributed by atoms with Crippen LogP contribution in [-0.4, -0.2) is 57.2 Å². The average molecular weight is 474 g/mol. The van der Waals surface area contributed by atoms with Crippen molar-refractivity contribution in [3.63, 3.8) is 0 Å². The van der Waals surface area contributed by atoms with E-state index in [1.807, 2.05) is 42.3 Å². The Labute approximate surface area is 173 Å². The molecule has 1 aromatic rings. The van der Waals surface area contributed by atoms with Crippen molar-refractivity contribution in [2.75, 3.05) is 40.4 Å². The monoisotopic (exact) mass is 474 g/mol. The van der Waals surface area contributed by atoms with Crippen molar-refractivity contribution >= 4 is 35.8 Å². The Balaban J connectivity index is 0.00000338. The van der Waals surface area contributed by atoms with Crippen LogP contribution in [0.25, 0.3) is 0 Å². The van der Waals surface area contributed by atoms with Gasteiger partial charge in [0.2, 0.25) is 5.91 Å². The molecule has 0 saturated heterocycles. The summed E-state index contributed by atoms with van der Waals surface area (Å²) in [7, 11) is 3.73. The van der Waals surface area contributed by atoms with E-state index in [1.54, 1.807) is 7.05 Å². The van der Waals surface area contributed by atoms with E-state index >= 15 is 0 Å². The Hall–Kier alpha value is -1.35. The first-order chi connectivity index (χ1) is 12.2. The molecule has 1 fully saturated rings. The number of carbonyl (C=O) groups excluding carboxylic acids is 1. The van der Waals surface area contributed by atoms with Crippen molar-refractivity contribution in [3.05, 3.63) is 35.9 Å². The highest BCUT2D eigenvalue weighted by Crippen LogP contribution is 2.28. The molecule has 26 heavy (non-hydrogen) atoms. The summed E-state index contributed by atoms with van der Waals surface area (Å²) < 4.78 is 5.65. The van der Waals surface area contributed by atoms with Gasteiger partial charge in [-0.3, -0.25) is 9.79 Å². The molecule has 1 saturated carbocycles. The summed E-state index contributed by atoms with van der Waals surface area (Å²) in [6.45, 7) is 3.48. The number of rotatable bonds is 10. The number of benzene rings is 1. The molecule has 0 radical (unpaired) electrons. The van der Waals surface area contributed by atoms with E-state index in [0.29, 0.717) is 26.1 Å². The van der Waals surface area contributed by atoms with Crippen LogP contribution in [0.1, 0.15) is 24.8 Å². The van der Waals surface area contributed by atoms with Crippen molar-refractivity contribution in [1.29, 1.82) is 0 Å². The van der Waals surface area contributed by atoms with Crippen molar-refractivity contribution in [3.8, 4) is 0 Å². The second kappa shape index (κ2) is 12.9. The molecule has 2 rings (SSSR count). The summed E-state index contributed by atoms with van der Waals surface area (Å²) in [5.41, 5.74) is 1.10. The van der Waals surface area contributed by atoms with Crippen LogP contribution in [0, 0.1) is 5.92 Å². The second-order valence-corrected chi connectivity index (χ2v) is 6.43. The Kier molecular flexibility index (Phi) is 11.3. The summed E-state index contributed by atoms with van der Waals surface area (Å²) in [4.78, 5) is 18.2. The van der Waals surface area contributed by atoms with Crippen molar-refractivity contribution in [1.82, 2.24) is 15.5 Å². The van der Waals surface area contributed by atoms with Gasteiger partial charge in [-0.1, -0.05) is 30.3 Å². The predicted molar refractivity (Wildman–Crippen MR) is 116 cm³/mol. The van der Waals surface area contributed by atoms with E-state index in [9.17, 15) is 4.79 Å².